The van der Waals surface area contributed by atoms with Crippen LogP contribution in [0.25, 0.3) is 11.4 Å². The van der Waals surface area contributed by atoms with Crippen LogP contribution in [0, 0.1) is 5.82 Å². The fourth-order valence-electron chi connectivity index (χ4n) is 3.08. The Labute approximate surface area is 177 Å². The third-order valence-electron chi connectivity index (χ3n) is 4.63. The number of amides is 1. The van der Waals surface area contributed by atoms with E-state index in [1.807, 2.05) is 24.3 Å². The zero-order chi connectivity index (χ0) is 20.9. The SMILES string of the molecule is Nn1c(SCC(=O)Nc2ccc(N3CCOCC3)cc2)nnc1-c1ccc(F)cc1. The van der Waals surface area contributed by atoms with Gasteiger partial charge in [-0.2, -0.15) is 0 Å². The molecule has 1 aromatic heterocycles. The molecule has 0 radical (unpaired) electrons. The standard InChI is InChI=1S/C20H21FN6O2S/c21-15-3-1-14(2-4-15)19-24-25-20(27(19)22)30-13-18(28)23-16-5-7-17(8-6-16)26-9-11-29-12-10-26/h1-8H,9-13,22H2,(H,23,28). The van der Waals surface area contributed by atoms with Crippen molar-refractivity contribution >= 4 is 29.0 Å². The van der Waals surface area contributed by atoms with Crippen molar-refractivity contribution in [2.24, 2.45) is 0 Å². The van der Waals surface area contributed by atoms with Gasteiger partial charge in [0.25, 0.3) is 0 Å². The predicted octanol–water partition coefficient (Wildman–Crippen LogP) is 2.37. The average Bonchev–Trinajstić information content (AvgIpc) is 3.14. The third kappa shape index (κ3) is 4.71. The Balaban J connectivity index is 1.32. The van der Waals surface area contributed by atoms with E-state index in [0.717, 1.165) is 37.7 Å². The highest BCUT2D eigenvalue weighted by Crippen LogP contribution is 2.23. The molecule has 2 heterocycles. The van der Waals surface area contributed by atoms with E-state index in [1.165, 1.54) is 28.6 Å². The lowest BCUT2D eigenvalue weighted by Crippen LogP contribution is -2.36. The number of nitrogens with one attached hydrogen (secondary N) is 1. The molecule has 1 amide bonds. The number of benzene rings is 2. The first-order valence-corrected chi connectivity index (χ1v) is 10.4. The van der Waals surface area contributed by atoms with Crippen LogP contribution in [0.3, 0.4) is 0 Å². The van der Waals surface area contributed by atoms with Crippen LogP contribution >= 0.6 is 11.8 Å². The lowest BCUT2D eigenvalue weighted by molar-refractivity contribution is -0.113. The lowest BCUT2D eigenvalue weighted by atomic mass is 10.2. The van der Waals surface area contributed by atoms with Crippen LogP contribution in [-0.2, 0) is 9.53 Å². The molecule has 10 heteroatoms. The van der Waals surface area contributed by atoms with Gasteiger partial charge in [0.05, 0.1) is 19.0 Å². The fraction of sp³-hybridized carbons (Fsp3) is 0.250. The number of aromatic nitrogens is 3. The fourth-order valence-corrected chi connectivity index (χ4v) is 3.73. The Bertz CT molecular complexity index is 1000. The molecular weight excluding hydrogens is 407 g/mol. The van der Waals surface area contributed by atoms with Gasteiger partial charge in [-0.1, -0.05) is 11.8 Å². The minimum atomic E-state index is -0.342. The predicted molar refractivity (Wildman–Crippen MR) is 114 cm³/mol. The molecule has 1 aliphatic heterocycles. The summed E-state index contributed by atoms with van der Waals surface area (Å²) >= 11 is 1.18. The smallest absolute Gasteiger partial charge is 0.234 e. The van der Waals surface area contributed by atoms with Crippen molar-refractivity contribution in [3.05, 3.63) is 54.3 Å². The van der Waals surface area contributed by atoms with Crippen molar-refractivity contribution in [2.75, 3.05) is 48.1 Å². The molecule has 1 saturated heterocycles. The maximum Gasteiger partial charge on any atom is 0.234 e. The summed E-state index contributed by atoms with van der Waals surface area (Å²) in [7, 11) is 0. The van der Waals surface area contributed by atoms with Gasteiger partial charge in [-0.25, -0.2) is 9.07 Å². The summed E-state index contributed by atoms with van der Waals surface area (Å²) in [4.78, 5) is 14.5. The molecule has 8 nitrogen and oxygen atoms in total. The van der Waals surface area contributed by atoms with Crippen LogP contribution in [0.2, 0.25) is 0 Å². The molecule has 0 aliphatic carbocycles. The number of hydrogen-bond donors (Lipinski definition) is 2. The number of carbonyl (C=O) groups is 1. The van der Waals surface area contributed by atoms with Gasteiger partial charge in [0.15, 0.2) is 5.82 Å². The van der Waals surface area contributed by atoms with Crippen LogP contribution in [0.5, 0.6) is 0 Å². The van der Waals surface area contributed by atoms with Crippen molar-refractivity contribution < 1.29 is 13.9 Å². The number of halogens is 1. The Morgan fingerprint density at radius 1 is 1.10 bits per heavy atom. The van der Waals surface area contributed by atoms with E-state index in [-0.39, 0.29) is 17.5 Å². The van der Waals surface area contributed by atoms with E-state index in [4.69, 9.17) is 10.6 Å². The Morgan fingerprint density at radius 2 is 1.80 bits per heavy atom. The highest BCUT2D eigenvalue weighted by Gasteiger charge is 2.15. The second kappa shape index (κ2) is 9.14. The summed E-state index contributed by atoms with van der Waals surface area (Å²) < 4.78 is 19.7. The second-order valence-corrected chi connectivity index (χ2v) is 7.61. The van der Waals surface area contributed by atoms with Gasteiger partial charge in [0.2, 0.25) is 11.1 Å². The van der Waals surface area contributed by atoms with Crippen molar-refractivity contribution in [1.82, 2.24) is 14.9 Å². The summed E-state index contributed by atoms with van der Waals surface area (Å²) in [6, 6.07) is 13.5. The molecule has 0 bridgehead atoms. The maximum absolute atomic E-state index is 13.1. The quantitative estimate of drug-likeness (QED) is 0.459. The van der Waals surface area contributed by atoms with E-state index in [1.54, 1.807) is 12.1 Å². The summed E-state index contributed by atoms with van der Waals surface area (Å²) in [6.45, 7) is 3.18. The third-order valence-corrected chi connectivity index (χ3v) is 5.57. The number of anilines is 2. The summed E-state index contributed by atoms with van der Waals surface area (Å²) in [5.74, 6) is 6.04. The van der Waals surface area contributed by atoms with Gasteiger partial charge in [-0.15, -0.1) is 10.2 Å². The molecule has 1 fully saturated rings. The molecule has 0 atom stereocenters. The first kappa shape index (κ1) is 20.2. The number of hydrogen-bond acceptors (Lipinski definition) is 7. The molecular formula is C20H21FN6O2S. The lowest BCUT2D eigenvalue weighted by Gasteiger charge is -2.28. The molecule has 0 saturated carbocycles. The molecule has 1 aliphatic rings. The van der Waals surface area contributed by atoms with Gasteiger partial charge in [0, 0.05) is 30.0 Å². The van der Waals surface area contributed by atoms with E-state index in [0.29, 0.717) is 16.5 Å². The molecule has 0 spiro atoms. The summed E-state index contributed by atoms with van der Waals surface area (Å²) in [5.41, 5.74) is 2.47. The zero-order valence-corrected chi connectivity index (χ0v) is 16.9. The number of nitrogens with two attached hydrogens (primary N) is 1. The maximum atomic E-state index is 13.1. The van der Waals surface area contributed by atoms with Crippen LogP contribution in [0.4, 0.5) is 15.8 Å². The first-order chi connectivity index (χ1) is 14.6. The number of morpholine rings is 1. The normalized spacial score (nSPS) is 14.0. The number of thioether (sulfide) groups is 1. The molecule has 156 valence electrons. The summed E-state index contributed by atoms with van der Waals surface area (Å²) in [6.07, 6.45) is 0. The van der Waals surface area contributed by atoms with Crippen LogP contribution in [0.1, 0.15) is 0 Å². The van der Waals surface area contributed by atoms with Gasteiger partial charge in [-0.05, 0) is 48.5 Å². The van der Waals surface area contributed by atoms with Crippen LogP contribution in [0.15, 0.2) is 53.7 Å². The highest BCUT2D eigenvalue weighted by atomic mass is 32.2. The Kier molecular flexibility index (Phi) is 6.15. The zero-order valence-electron chi connectivity index (χ0n) is 16.1. The molecule has 3 aromatic rings. The Hall–Kier alpha value is -3.11. The van der Waals surface area contributed by atoms with Crippen molar-refractivity contribution in [2.45, 2.75) is 5.16 Å². The number of ether oxygens (including phenoxy) is 1. The van der Waals surface area contributed by atoms with E-state index in [2.05, 4.69) is 20.4 Å². The second-order valence-electron chi connectivity index (χ2n) is 6.67. The van der Waals surface area contributed by atoms with Gasteiger partial charge >= 0.3 is 0 Å². The number of nitrogen functional groups attached to an aromatic ring is 1. The van der Waals surface area contributed by atoms with Crippen molar-refractivity contribution in [3.63, 3.8) is 0 Å². The highest BCUT2D eigenvalue weighted by molar-refractivity contribution is 7.99. The van der Waals surface area contributed by atoms with E-state index in [9.17, 15) is 9.18 Å². The van der Waals surface area contributed by atoms with Gasteiger partial charge in [-0.3, -0.25) is 4.79 Å². The molecule has 30 heavy (non-hydrogen) atoms. The number of rotatable bonds is 6. The molecule has 3 N–H and O–H groups in total. The molecule has 4 rings (SSSR count). The number of carbonyl (C=O) groups excluding carboxylic acids is 1. The van der Waals surface area contributed by atoms with Crippen LogP contribution < -0.4 is 16.1 Å². The Morgan fingerprint density at radius 3 is 2.50 bits per heavy atom. The van der Waals surface area contributed by atoms with Crippen LogP contribution in [-0.4, -0.2) is 52.8 Å². The molecule has 0 unspecified atom stereocenters. The molecule has 2 aromatic carbocycles. The first-order valence-electron chi connectivity index (χ1n) is 9.42. The van der Waals surface area contributed by atoms with Crippen molar-refractivity contribution in [1.29, 1.82) is 0 Å². The van der Waals surface area contributed by atoms with Crippen molar-refractivity contribution in [3.8, 4) is 11.4 Å². The van der Waals surface area contributed by atoms with Gasteiger partial charge in [0.1, 0.15) is 5.82 Å². The minimum Gasteiger partial charge on any atom is -0.378 e. The topological polar surface area (TPSA) is 98.3 Å². The largest absolute Gasteiger partial charge is 0.378 e. The monoisotopic (exact) mass is 428 g/mol. The number of nitrogens with zero attached hydrogens (tertiary/aromatic N) is 4. The van der Waals surface area contributed by atoms with E-state index >= 15 is 0 Å². The van der Waals surface area contributed by atoms with E-state index < -0.39 is 0 Å². The average molecular weight is 428 g/mol. The minimum absolute atomic E-state index is 0.129. The summed E-state index contributed by atoms with van der Waals surface area (Å²) in [5, 5.41) is 11.3. The van der Waals surface area contributed by atoms with Gasteiger partial charge < -0.3 is 20.8 Å².